The highest BCUT2D eigenvalue weighted by Gasteiger charge is 2.17. The molecule has 6 nitrogen and oxygen atoms in total. The lowest BCUT2D eigenvalue weighted by molar-refractivity contribution is -0.120. The summed E-state index contributed by atoms with van der Waals surface area (Å²) in [5, 5.41) is 5.66. The van der Waals surface area contributed by atoms with Crippen molar-refractivity contribution in [1.29, 1.82) is 0 Å². The van der Waals surface area contributed by atoms with Gasteiger partial charge in [-0.3, -0.25) is 9.59 Å². The summed E-state index contributed by atoms with van der Waals surface area (Å²) in [7, 11) is 0. The quantitative estimate of drug-likeness (QED) is 0.714. The maximum absolute atomic E-state index is 11.9. The lowest BCUT2D eigenvalue weighted by atomic mass is 10.0. The summed E-state index contributed by atoms with van der Waals surface area (Å²) >= 11 is 0. The van der Waals surface area contributed by atoms with Gasteiger partial charge in [-0.2, -0.15) is 0 Å². The third-order valence-electron chi connectivity index (χ3n) is 4.63. The average molecular weight is 335 g/mol. The van der Waals surface area contributed by atoms with Crippen molar-refractivity contribution in [1.82, 2.24) is 15.5 Å². The number of hydrogen-bond donors (Lipinski definition) is 2. The molecule has 1 aromatic heterocycles. The van der Waals surface area contributed by atoms with E-state index in [2.05, 4.69) is 22.5 Å². The number of hydrogen-bond acceptors (Lipinski definition) is 4. The second-order valence-corrected chi connectivity index (χ2v) is 6.48. The molecular weight excluding hydrogens is 306 g/mol. The Morgan fingerprint density at radius 3 is 2.83 bits per heavy atom. The minimum absolute atomic E-state index is 0.0223. The van der Waals surface area contributed by atoms with Gasteiger partial charge >= 0.3 is 0 Å². The fraction of sp³-hybridized carbons (Fsp3) is 0.667. The highest BCUT2D eigenvalue weighted by atomic mass is 16.3. The minimum atomic E-state index is -0.201. The number of likely N-dealkylation sites (tertiary alicyclic amines) is 1. The fourth-order valence-electron chi connectivity index (χ4n) is 3.09. The summed E-state index contributed by atoms with van der Waals surface area (Å²) in [6, 6.07) is 2.29. The van der Waals surface area contributed by atoms with Crippen LogP contribution in [0.2, 0.25) is 0 Å². The van der Waals surface area contributed by atoms with Gasteiger partial charge in [-0.25, -0.2) is 0 Å². The van der Waals surface area contributed by atoms with Gasteiger partial charge in [0.25, 0.3) is 5.91 Å². The molecule has 2 heterocycles. The third-order valence-corrected chi connectivity index (χ3v) is 4.63. The molecule has 6 heteroatoms. The third kappa shape index (κ3) is 5.67. The van der Waals surface area contributed by atoms with Crippen molar-refractivity contribution in [2.75, 3.05) is 26.2 Å². The van der Waals surface area contributed by atoms with Gasteiger partial charge in [0.1, 0.15) is 5.76 Å². The van der Waals surface area contributed by atoms with Crippen LogP contribution < -0.4 is 10.6 Å². The van der Waals surface area contributed by atoms with Crippen LogP contribution in [0.1, 0.15) is 55.1 Å². The topological polar surface area (TPSA) is 74.6 Å². The summed E-state index contributed by atoms with van der Waals surface area (Å²) in [6.07, 6.45) is 6.65. The van der Waals surface area contributed by atoms with Crippen LogP contribution in [0.3, 0.4) is 0 Å². The number of amides is 2. The summed E-state index contributed by atoms with van der Waals surface area (Å²) in [5.41, 5.74) is 0.519. The van der Waals surface area contributed by atoms with Crippen LogP contribution in [0, 0.1) is 6.92 Å². The van der Waals surface area contributed by atoms with Crippen molar-refractivity contribution in [3.05, 3.63) is 23.7 Å². The molecule has 2 amide bonds. The van der Waals surface area contributed by atoms with E-state index in [0.717, 1.165) is 13.0 Å². The van der Waals surface area contributed by atoms with Gasteiger partial charge in [0.05, 0.1) is 11.8 Å². The van der Waals surface area contributed by atoms with Gasteiger partial charge < -0.3 is 20.0 Å². The van der Waals surface area contributed by atoms with Gasteiger partial charge in [0, 0.05) is 32.1 Å². The predicted octanol–water partition coefficient (Wildman–Crippen LogP) is 2.09. The van der Waals surface area contributed by atoms with E-state index < -0.39 is 0 Å². The van der Waals surface area contributed by atoms with Crippen molar-refractivity contribution in [3.63, 3.8) is 0 Å². The molecule has 1 unspecified atom stereocenters. The number of rotatable bonds is 8. The first kappa shape index (κ1) is 18.5. The first-order valence-corrected chi connectivity index (χ1v) is 8.91. The zero-order chi connectivity index (χ0) is 17.4. The molecule has 0 saturated carbocycles. The fourth-order valence-corrected chi connectivity index (χ4v) is 3.09. The molecule has 0 bridgehead atoms. The zero-order valence-electron chi connectivity index (χ0n) is 14.8. The second kappa shape index (κ2) is 9.47. The molecule has 0 spiro atoms. The van der Waals surface area contributed by atoms with Gasteiger partial charge in [0.2, 0.25) is 5.91 Å². The molecule has 1 aromatic rings. The Hall–Kier alpha value is -1.82. The Morgan fingerprint density at radius 1 is 1.29 bits per heavy atom. The first-order valence-electron chi connectivity index (χ1n) is 8.91. The zero-order valence-corrected chi connectivity index (χ0v) is 14.8. The van der Waals surface area contributed by atoms with Crippen LogP contribution in [0.4, 0.5) is 0 Å². The first-order chi connectivity index (χ1) is 11.6. The molecule has 1 saturated heterocycles. The summed E-state index contributed by atoms with van der Waals surface area (Å²) < 4.78 is 5.09. The monoisotopic (exact) mass is 335 g/mol. The highest BCUT2D eigenvalue weighted by Crippen LogP contribution is 2.16. The van der Waals surface area contributed by atoms with Crippen molar-refractivity contribution in [2.24, 2.45) is 0 Å². The molecule has 1 fully saturated rings. The molecule has 0 radical (unpaired) electrons. The molecule has 0 aliphatic carbocycles. The highest BCUT2D eigenvalue weighted by molar-refractivity contribution is 5.95. The van der Waals surface area contributed by atoms with Crippen LogP contribution in [0.15, 0.2) is 16.7 Å². The normalized spacial score (nSPS) is 18.3. The number of aryl methyl sites for hydroxylation is 1. The van der Waals surface area contributed by atoms with Crippen LogP contribution >= 0.6 is 0 Å². The standard InChI is InChI=1S/C18H29N3O3/c1-14-6-3-4-11-21(14)12-5-9-19-17(22)7-10-20-18(23)16-8-13-24-15(16)2/h8,13-14H,3-7,9-12H2,1-2H3,(H,19,22)(H,20,23). The lowest BCUT2D eigenvalue weighted by Gasteiger charge is -2.33. The van der Waals surface area contributed by atoms with Crippen molar-refractivity contribution in [3.8, 4) is 0 Å². The minimum Gasteiger partial charge on any atom is -0.469 e. The molecule has 134 valence electrons. The molecule has 1 aliphatic rings. The van der Waals surface area contributed by atoms with Gasteiger partial charge in [0.15, 0.2) is 0 Å². The Bertz CT molecular complexity index is 541. The molecular formula is C18H29N3O3. The van der Waals surface area contributed by atoms with E-state index >= 15 is 0 Å². The number of carbonyl (C=O) groups excluding carboxylic acids is 2. The second-order valence-electron chi connectivity index (χ2n) is 6.48. The van der Waals surface area contributed by atoms with Crippen LogP contribution in [-0.4, -0.2) is 48.9 Å². The number of piperidine rings is 1. The number of nitrogens with zero attached hydrogens (tertiary/aromatic N) is 1. The Kier molecular flexibility index (Phi) is 7.31. The summed E-state index contributed by atoms with van der Waals surface area (Å²) in [5.74, 6) is 0.364. The van der Waals surface area contributed by atoms with E-state index in [4.69, 9.17) is 4.42 Å². The van der Waals surface area contributed by atoms with E-state index in [1.165, 1.54) is 32.1 Å². The van der Waals surface area contributed by atoms with Crippen molar-refractivity contribution >= 4 is 11.8 Å². The van der Waals surface area contributed by atoms with Crippen LogP contribution in [-0.2, 0) is 4.79 Å². The molecule has 0 aromatic carbocycles. The van der Waals surface area contributed by atoms with E-state index in [0.29, 0.717) is 36.9 Å². The predicted molar refractivity (Wildman–Crippen MR) is 92.9 cm³/mol. The summed E-state index contributed by atoms with van der Waals surface area (Å²) in [6.45, 7) is 7.26. The smallest absolute Gasteiger partial charge is 0.254 e. The van der Waals surface area contributed by atoms with Gasteiger partial charge in [-0.05, 0) is 45.7 Å². The van der Waals surface area contributed by atoms with Crippen molar-refractivity contribution in [2.45, 2.75) is 52.0 Å². The van der Waals surface area contributed by atoms with Gasteiger partial charge in [-0.15, -0.1) is 0 Å². The number of nitrogens with one attached hydrogen (secondary N) is 2. The summed E-state index contributed by atoms with van der Waals surface area (Å²) in [4.78, 5) is 26.2. The molecule has 2 N–H and O–H groups in total. The Morgan fingerprint density at radius 2 is 2.12 bits per heavy atom. The maximum Gasteiger partial charge on any atom is 0.254 e. The Labute approximate surface area is 144 Å². The van der Waals surface area contributed by atoms with Crippen LogP contribution in [0.25, 0.3) is 0 Å². The molecule has 1 atom stereocenters. The van der Waals surface area contributed by atoms with E-state index in [1.807, 2.05) is 0 Å². The molecule has 2 rings (SSSR count). The van der Waals surface area contributed by atoms with E-state index in [9.17, 15) is 9.59 Å². The average Bonchev–Trinajstić information content (AvgIpc) is 2.99. The molecule has 24 heavy (non-hydrogen) atoms. The maximum atomic E-state index is 11.9. The SMILES string of the molecule is Cc1occc1C(=O)NCCC(=O)NCCCN1CCCCC1C. The van der Waals surface area contributed by atoms with Crippen molar-refractivity contribution < 1.29 is 14.0 Å². The van der Waals surface area contributed by atoms with E-state index in [1.54, 1.807) is 13.0 Å². The largest absolute Gasteiger partial charge is 0.469 e. The number of carbonyl (C=O) groups is 2. The van der Waals surface area contributed by atoms with E-state index in [-0.39, 0.29) is 11.8 Å². The molecule has 1 aliphatic heterocycles. The van der Waals surface area contributed by atoms with Gasteiger partial charge in [-0.1, -0.05) is 6.42 Å². The van der Waals surface area contributed by atoms with Crippen LogP contribution in [0.5, 0.6) is 0 Å². The Balaban J connectivity index is 1.54. The number of furan rings is 1. The lowest BCUT2D eigenvalue weighted by Crippen LogP contribution is -2.39.